The monoisotopic (exact) mass is 319 g/mol. The second kappa shape index (κ2) is 8.22. The quantitative estimate of drug-likeness (QED) is 0.318. The Morgan fingerprint density at radius 1 is 1.30 bits per heavy atom. The zero-order chi connectivity index (χ0) is 17.5. The van der Waals surface area contributed by atoms with Gasteiger partial charge in [-0.3, -0.25) is 10.1 Å². The maximum atomic E-state index is 12.0. The van der Waals surface area contributed by atoms with E-state index in [0.717, 1.165) is 5.56 Å². The van der Waals surface area contributed by atoms with Crippen molar-refractivity contribution in [2.24, 2.45) is 0 Å². The maximum absolute atomic E-state index is 12.0. The molecular formula is C17H21NO5. The molecule has 0 spiro atoms. The number of esters is 1. The number of nitrogens with zero attached hydrogens (tertiary/aromatic N) is 1. The number of carbonyl (C=O) groups is 2. The van der Waals surface area contributed by atoms with E-state index in [1.165, 1.54) is 21.0 Å². The van der Waals surface area contributed by atoms with E-state index in [4.69, 9.17) is 4.74 Å². The van der Waals surface area contributed by atoms with E-state index in [2.05, 4.69) is 0 Å². The van der Waals surface area contributed by atoms with E-state index >= 15 is 0 Å². The minimum absolute atomic E-state index is 0.0679. The Balaban J connectivity index is 3.11. The van der Waals surface area contributed by atoms with Gasteiger partial charge in [-0.1, -0.05) is 30.3 Å². The molecule has 0 fully saturated rings. The molecule has 0 heterocycles. The Hall–Kier alpha value is -2.50. The summed E-state index contributed by atoms with van der Waals surface area (Å²) in [7, 11) is 1.24. The molecule has 1 unspecified atom stereocenters. The summed E-state index contributed by atoms with van der Waals surface area (Å²) in [5.74, 6) is -0.727. The van der Waals surface area contributed by atoms with Crippen LogP contribution in [0.5, 0.6) is 0 Å². The van der Waals surface area contributed by atoms with Crippen LogP contribution in [0.25, 0.3) is 6.08 Å². The number of Topliss-reactive ketones (excluding diaryl/α,β-unsaturated/α-hetero) is 1. The van der Waals surface area contributed by atoms with Crippen LogP contribution in [0.15, 0.2) is 35.9 Å². The number of ether oxygens (including phenoxy) is 1. The number of benzene rings is 1. The van der Waals surface area contributed by atoms with Gasteiger partial charge in [-0.15, -0.1) is 0 Å². The third-order valence-corrected chi connectivity index (χ3v) is 3.62. The van der Waals surface area contributed by atoms with Crippen molar-refractivity contribution >= 4 is 17.8 Å². The molecule has 1 rings (SSSR count). The van der Waals surface area contributed by atoms with Crippen molar-refractivity contribution in [3.63, 3.8) is 0 Å². The van der Waals surface area contributed by atoms with E-state index in [9.17, 15) is 19.7 Å². The summed E-state index contributed by atoms with van der Waals surface area (Å²) in [4.78, 5) is 34.1. The van der Waals surface area contributed by atoms with Crippen molar-refractivity contribution in [3.05, 3.63) is 51.6 Å². The summed E-state index contributed by atoms with van der Waals surface area (Å²) < 4.78 is 4.74. The number of hydrogen-bond donors (Lipinski definition) is 0. The molecule has 1 aromatic rings. The van der Waals surface area contributed by atoms with E-state index in [-0.39, 0.29) is 30.6 Å². The van der Waals surface area contributed by atoms with Crippen LogP contribution in [0, 0.1) is 10.1 Å². The van der Waals surface area contributed by atoms with Crippen molar-refractivity contribution in [2.45, 2.75) is 38.6 Å². The van der Waals surface area contributed by atoms with Gasteiger partial charge in [0.25, 0.3) is 0 Å². The first-order valence-corrected chi connectivity index (χ1v) is 7.26. The summed E-state index contributed by atoms with van der Waals surface area (Å²) >= 11 is 0. The number of carbonyl (C=O) groups excluding carboxylic acids is 2. The molecular weight excluding hydrogens is 298 g/mol. The van der Waals surface area contributed by atoms with Gasteiger partial charge in [-0.05, 0) is 18.6 Å². The standard InChI is InChI=1S/C17H21NO5/c1-13(19)9-10-17(2,18(21)22)12-15(16(20)23-3)11-14-7-5-4-6-8-14/h4-8,11H,9-10,12H2,1-3H3/b15-11+. The molecule has 0 saturated carbocycles. The van der Waals surface area contributed by atoms with E-state index in [1.54, 1.807) is 18.2 Å². The Labute approximate surface area is 135 Å². The van der Waals surface area contributed by atoms with Gasteiger partial charge in [0.05, 0.1) is 7.11 Å². The minimum atomic E-state index is -1.40. The summed E-state index contributed by atoms with van der Waals surface area (Å²) in [5, 5.41) is 11.4. The molecule has 0 bridgehead atoms. The number of rotatable bonds is 8. The highest BCUT2D eigenvalue weighted by molar-refractivity contribution is 5.93. The lowest BCUT2D eigenvalue weighted by Gasteiger charge is -2.21. The van der Waals surface area contributed by atoms with Crippen molar-refractivity contribution < 1.29 is 19.2 Å². The van der Waals surface area contributed by atoms with Crippen LogP contribution in [-0.2, 0) is 14.3 Å². The highest BCUT2D eigenvalue weighted by Crippen LogP contribution is 2.27. The first kappa shape index (κ1) is 18.5. The zero-order valence-electron chi connectivity index (χ0n) is 13.6. The fraction of sp³-hybridized carbons (Fsp3) is 0.412. The maximum Gasteiger partial charge on any atom is 0.334 e. The Kier molecular flexibility index (Phi) is 6.63. The second-order valence-electron chi connectivity index (χ2n) is 5.70. The lowest BCUT2D eigenvalue weighted by Crippen LogP contribution is -2.36. The molecule has 1 atom stereocenters. The highest BCUT2D eigenvalue weighted by Gasteiger charge is 2.39. The van der Waals surface area contributed by atoms with Crippen LogP contribution in [0.1, 0.15) is 38.7 Å². The normalized spacial score (nSPS) is 14.0. The topological polar surface area (TPSA) is 86.5 Å². The van der Waals surface area contributed by atoms with Crippen LogP contribution in [0.3, 0.4) is 0 Å². The average molecular weight is 319 g/mol. The van der Waals surface area contributed by atoms with Crippen LogP contribution in [0.2, 0.25) is 0 Å². The van der Waals surface area contributed by atoms with Crippen LogP contribution in [-0.4, -0.2) is 29.3 Å². The van der Waals surface area contributed by atoms with Crippen LogP contribution in [0.4, 0.5) is 0 Å². The Morgan fingerprint density at radius 2 is 1.91 bits per heavy atom. The summed E-state index contributed by atoms with van der Waals surface area (Å²) in [6.07, 6.45) is 1.64. The molecule has 124 valence electrons. The van der Waals surface area contributed by atoms with Gasteiger partial charge in [0, 0.05) is 36.7 Å². The lowest BCUT2D eigenvalue weighted by molar-refractivity contribution is -0.565. The van der Waals surface area contributed by atoms with Gasteiger partial charge in [0.15, 0.2) is 0 Å². The van der Waals surface area contributed by atoms with Crippen molar-refractivity contribution in [1.29, 1.82) is 0 Å². The molecule has 0 amide bonds. The summed E-state index contributed by atoms with van der Waals surface area (Å²) in [6.45, 7) is 2.83. The van der Waals surface area contributed by atoms with Crippen LogP contribution < -0.4 is 0 Å². The van der Waals surface area contributed by atoms with Gasteiger partial charge in [0.1, 0.15) is 5.78 Å². The zero-order valence-corrected chi connectivity index (χ0v) is 13.6. The van der Waals surface area contributed by atoms with E-state index in [1.807, 2.05) is 18.2 Å². The molecule has 0 radical (unpaired) electrons. The predicted molar refractivity (Wildman–Crippen MR) is 86.4 cm³/mol. The summed E-state index contributed by atoms with van der Waals surface area (Å²) in [6, 6.07) is 9.04. The molecule has 0 aromatic heterocycles. The second-order valence-corrected chi connectivity index (χ2v) is 5.70. The molecule has 0 N–H and O–H groups in total. The molecule has 6 heteroatoms. The van der Waals surface area contributed by atoms with Crippen molar-refractivity contribution in [2.75, 3.05) is 7.11 Å². The first-order valence-electron chi connectivity index (χ1n) is 7.26. The number of hydrogen-bond acceptors (Lipinski definition) is 5. The molecule has 0 aliphatic carbocycles. The smallest absolute Gasteiger partial charge is 0.334 e. The number of methoxy groups -OCH3 is 1. The van der Waals surface area contributed by atoms with Gasteiger partial charge < -0.3 is 9.53 Å². The first-order chi connectivity index (χ1) is 10.8. The fourth-order valence-corrected chi connectivity index (χ4v) is 2.16. The van der Waals surface area contributed by atoms with Gasteiger partial charge >= 0.3 is 5.97 Å². The molecule has 0 aliphatic rings. The molecule has 23 heavy (non-hydrogen) atoms. The molecule has 0 saturated heterocycles. The highest BCUT2D eigenvalue weighted by atomic mass is 16.6. The van der Waals surface area contributed by atoms with Crippen molar-refractivity contribution in [1.82, 2.24) is 0 Å². The third-order valence-electron chi connectivity index (χ3n) is 3.62. The number of nitro groups is 1. The Bertz CT molecular complexity index is 609. The largest absolute Gasteiger partial charge is 0.466 e. The van der Waals surface area contributed by atoms with Crippen LogP contribution >= 0.6 is 0 Å². The number of ketones is 1. The molecule has 0 aliphatic heterocycles. The van der Waals surface area contributed by atoms with Gasteiger partial charge in [-0.25, -0.2) is 4.79 Å². The SMILES string of the molecule is COC(=O)/C(=C/c1ccccc1)CC(C)(CCC(C)=O)[N+](=O)[O-]. The molecule has 1 aromatic carbocycles. The fourth-order valence-electron chi connectivity index (χ4n) is 2.16. The average Bonchev–Trinajstić information content (AvgIpc) is 2.52. The van der Waals surface area contributed by atoms with E-state index < -0.39 is 16.4 Å². The Morgan fingerprint density at radius 3 is 2.39 bits per heavy atom. The van der Waals surface area contributed by atoms with Crippen molar-refractivity contribution in [3.8, 4) is 0 Å². The van der Waals surface area contributed by atoms with Gasteiger partial charge in [-0.2, -0.15) is 0 Å². The molecule has 6 nitrogen and oxygen atoms in total. The summed E-state index contributed by atoms with van der Waals surface area (Å²) in [5.41, 5.74) is -0.438. The lowest BCUT2D eigenvalue weighted by atomic mass is 9.87. The minimum Gasteiger partial charge on any atom is -0.466 e. The third kappa shape index (κ3) is 5.65. The van der Waals surface area contributed by atoms with Gasteiger partial charge in [0.2, 0.25) is 5.54 Å². The van der Waals surface area contributed by atoms with E-state index in [0.29, 0.717) is 0 Å². The predicted octanol–water partition coefficient (Wildman–Crippen LogP) is 3.04.